The van der Waals surface area contributed by atoms with Gasteiger partial charge in [0.15, 0.2) is 0 Å². The number of esters is 2. The Hall–Kier alpha value is -3.10. The van der Waals surface area contributed by atoms with Gasteiger partial charge in [-0.15, -0.1) is 11.3 Å². The summed E-state index contributed by atoms with van der Waals surface area (Å²) >= 11 is 5.01. The van der Waals surface area contributed by atoms with Crippen molar-refractivity contribution in [3.05, 3.63) is 75.2 Å². The summed E-state index contributed by atoms with van der Waals surface area (Å²) in [5.74, 6) is -2.18. The van der Waals surface area contributed by atoms with Gasteiger partial charge in [-0.1, -0.05) is 46.3 Å². The number of thiazole rings is 1. The fourth-order valence-electron chi connectivity index (χ4n) is 4.43. The summed E-state index contributed by atoms with van der Waals surface area (Å²) < 4.78 is 11.8. The second-order valence-corrected chi connectivity index (χ2v) is 10.1. The van der Waals surface area contributed by atoms with Gasteiger partial charge >= 0.3 is 11.9 Å². The number of allylic oxidation sites excluding steroid dienone is 1. The highest BCUT2D eigenvalue weighted by Gasteiger charge is 2.42. The summed E-state index contributed by atoms with van der Waals surface area (Å²) in [5.41, 5.74) is 5.18. The molecule has 0 amide bonds. The van der Waals surface area contributed by atoms with Gasteiger partial charge in [0.1, 0.15) is 10.9 Å². The molecule has 4 rings (SSSR count). The second-order valence-electron chi connectivity index (χ2n) is 8.35. The van der Waals surface area contributed by atoms with Crippen molar-refractivity contribution in [2.24, 2.45) is 10.9 Å². The van der Waals surface area contributed by atoms with Crippen molar-refractivity contribution in [3.63, 3.8) is 0 Å². The molecular formula is C28H27BrN2O4S. The molecule has 6 nitrogen and oxygen atoms in total. The van der Waals surface area contributed by atoms with Crippen molar-refractivity contribution < 1.29 is 19.1 Å². The fourth-order valence-corrected chi connectivity index (χ4v) is 5.52. The van der Waals surface area contributed by atoms with Gasteiger partial charge in [-0.05, 0) is 51.5 Å². The van der Waals surface area contributed by atoms with Gasteiger partial charge in [0.25, 0.3) is 0 Å². The van der Waals surface area contributed by atoms with Crippen LogP contribution in [0.5, 0.6) is 0 Å². The number of nitrogens with zero attached hydrogens (tertiary/aromatic N) is 2. The standard InChI is InChI=1S/C28H27BrN2O4S/c1-5-34-27(32)23-16(3)30-17(4)24(28(33)35-6-2)25(23)19-8-7-9-20(14-19)26-31-22(15-36-26)18-10-12-21(29)13-11-18/h7-15,23,25H,5-6H2,1-4H3. The normalized spacial score (nSPS) is 17.5. The molecule has 0 bridgehead atoms. The van der Waals surface area contributed by atoms with E-state index in [1.54, 1.807) is 39.0 Å². The minimum atomic E-state index is -0.724. The van der Waals surface area contributed by atoms with Gasteiger partial charge in [-0.3, -0.25) is 9.79 Å². The number of carbonyl (C=O) groups excluding carboxylic acids is 2. The van der Waals surface area contributed by atoms with E-state index < -0.39 is 23.8 Å². The van der Waals surface area contributed by atoms with Crippen LogP contribution in [0.15, 0.2) is 74.6 Å². The van der Waals surface area contributed by atoms with Gasteiger partial charge in [0.2, 0.25) is 0 Å². The van der Waals surface area contributed by atoms with Crippen molar-refractivity contribution in [2.45, 2.75) is 33.6 Å². The number of halogens is 1. The van der Waals surface area contributed by atoms with Crippen molar-refractivity contribution >= 4 is 44.9 Å². The van der Waals surface area contributed by atoms with Crippen molar-refractivity contribution in [1.29, 1.82) is 0 Å². The van der Waals surface area contributed by atoms with Gasteiger partial charge in [-0.2, -0.15) is 0 Å². The van der Waals surface area contributed by atoms with E-state index in [9.17, 15) is 9.59 Å². The Bertz CT molecular complexity index is 1340. The van der Waals surface area contributed by atoms with Gasteiger partial charge in [-0.25, -0.2) is 9.78 Å². The first-order valence-electron chi connectivity index (χ1n) is 11.8. The first-order chi connectivity index (χ1) is 17.3. The zero-order chi connectivity index (χ0) is 25.8. The molecule has 2 atom stereocenters. The predicted molar refractivity (Wildman–Crippen MR) is 146 cm³/mol. The molecule has 0 saturated carbocycles. The van der Waals surface area contributed by atoms with Crippen LogP contribution < -0.4 is 0 Å². The third-order valence-electron chi connectivity index (χ3n) is 6.00. The summed E-state index contributed by atoms with van der Waals surface area (Å²) in [4.78, 5) is 35.5. The highest BCUT2D eigenvalue weighted by Crippen LogP contribution is 2.41. The molecule has 0 fully saturated rings. The summed E-state index contributed by atoms with van der Waals surface area (Å²) in [6, 6.07) is 15.8. The van der Waals surface area contributed by atoms with Crippen molar-refractivity contribution in [3.8, 4) is 21.8 Å². The SMILES string of the molecule is CCOC(=O)C1=C(C)N=C(C)C(C(=O)OCC)C1c1cccc(-c2nc(-c3ccc(Br)cc3)cs2)c1. The highest BCUT2D eigenvalue weighted by molar-refractivity contribution is 9.10. The van der Waals surface area contributed by atoms with Crippen LogP contribution in [0.2, 0.25) is 0 Å². The van der Waals surface area contributed by atoms with Crippen LogP contribution in [0.1, 0.15) is 39.2 Å². The first kappa shape index (κ1) is 26.0. The molecular weight excluding hydrogens is 540 g/mol. The summed E-state index contributed by atoms with van der Waals surface area (Å²) in [6.45, 7) is 7.57. The lowest BCUT2D eigenvalue weighted by molar-refractivity contribution is -0.146. The molecule has 1 aliphatic heterocycles. The largest absolute Gasteiger partial charge is 0.465 e. The van der Waals surface area contributed by atoms with Crippen LogP contribution in [0.3, 0.4) is 0 Å². The molecule has 0 saturated heterocycles. The number of hydrogen-bond acceptors (Lipinski definition) is 7. The smallest absolute Gasteiger partial charge is 0.336 e. The van der Waals surface area contributed by atoms with Crippen molar-refractivity contribution in [2.75, 3.05) is 13.2 Å². The Morgan fingerprint density at radius 3 is 2.42 bits per heavy atom. The quantitative estimate of drug-likeness (QED) is 0.293. The lowest BCUT2D eigenvalue weighted by Crippen LogP contribution is -2.36. The number of rotatable bonds is 7. The molecule has 0 aliphatic carbocycles. The Morgan fingerprint density at radius 2 is 1.72 bits per heavy atom. The topological polar surface area (TPSA) is 77.8 Å². The van der Waals surface area contributed by atoms with Crippen molar-refractivity contribution in [1.82, 2.24) is 4.98 Å². The van der Waals surface area contributed by atoms with E-state index in [4.69, 9.17) is 14.5 Å². The molecule has 2 unspecified atom stereocenters. The summed E-state index contributed by atoms with van der Waals surface area (Å²) in [6.07, 6.45) is 0. The average molecular weight is 568 g/mol. The zero-order valence-electron chi connectivity index (χ0n) is 20.6. The van der Waals surface area contributed by atoms with Crippen LogP contribution in [-0.2, 0) is 19.1 Å². The third-order valence-corrected chi connectivity index (χ3v) is 7.42. The van der Waals surface area contributed by atoms with Crippen LogP contribution >= 0.6 is 27.3 Å². The Balaban J connectivity index is 1.78. The number of benzene rings is 2. The Morgan fingerprint density at radius 1 is 1.00 bits per heavy atom. The van der Waals surface area contributed by atoms with Crippen LogP contribution in [0, 0.1) is 5.92 Å². The summed E-state index contributed by atoms with van der Waals surface area (Å²) in [7, 11) is 0. The molecule has 2 aromatic carbocycles. The molecule has 2 heterocycles. The first-order valence-corrected chi connectivity index (χ1v) is 13.4. The maximum Gasteiger partial charge on any atom is 0.336 e. The lowest BCUT2D eigenvalue weighted by atomic mass is 9.75. The van der Waals surface area contributed by atoms with E-state index in [-0.39, 0.29) is 13.2 Å². The Labute approximate surface area is 223 Å². The van der Waals surface area contributed by atoms with Crippen LogP contribution in [-0.4, -0.2) is 35.8 Å². The van der Waals surface area contributed by atoms with Gasteiger partial charge < -0.3 is 9.47 Å². The van der Waals surface area contributed by atoms with Crippen LogP contribution in [0.25, 0.3) is 21.8 Å². The molecule has 1 aliphatic rings. The molecule has 3 aromatic rings. The minimum Gasteiger partial charge on any atom is -0.465 e. The zero-order valence-corrected chi connectivity index (χ0v) is 23.0. The predicted octanol–water partition coefficient (Wildman–Crippen LogP) is 6.81. The van der Waals surface area contributed by atoms with Gasteiger partial charge in [0.05, 0.1) is 24.5 Å². The average Bonchev–Trinajstić information content (AvgIpc) is 3.35. The molecule has 8 heteroatoms. The molecule has 0 radical (unpaired) electrons. The van der Waals surface area contributed by atoms with E-state index >= 15 is 0 Å². The molecule has 1 aromatic heterocycles. The number of aromatic nitrogens is 1. The minimum absolute atomic E-state index is 0.229. The third kappa shape index (κ3) is 5.34. The molecule has 0 spiro atoms. The molecule has 36 heavy (non-hydrogen) atoms. The molecule has 0 N–H and O–H groups in total. The maximum atomic E-state index is 13.1. The Kier molecular flexibility index (Phi) is 8.16. The van der Waals surface area contributed by atoms with E-state index in [0.29, 0.717) is 17.0 Å². The maximum absolute atomic E-state index is 13.1. The monoisotopic (exact) mass is 566 g/mol. The number of ether oxygens (including phenoxy) is 2. The lowest BCUT2D eigenvalue weighted by Gasteiger charge is -2.31. The van der Waals surface area contributed by atoms with E-state index in [1.165, 1.54) is 0 Å². The van der Waals surface area contributed by atoms with E-state index in [2.05, 4.69) is 20.9 Å². The number of hydrogen-bond donors (Lipinski definition) is 0. The fraction of sp³-hybridized carbons (Fsp3) is 0.286. The number of carbonyl (C=O) groups is 2. The van der Waals surface area contributed by atoms with Gasteiger partial charge in [0, 0.05) is 38.3 Å². The van der Waals surface area contributed by atoms with E-state index in [0.717, 1.165) is 31.9 Å². The highest BCUT2D eigenvalue weighted by atomic mass is 79.9. The van der Waals surface area contributed by atoms with E-state index in [1.807, 2.05) is 53.9 Å². The second kappa shape index (κ2) is 11.3. The number of aliphatic imine (C=N–C) groups is 1. The summed E-state index contributed by atoms with van der Waals surface area (Å²) in [5, 5.41) is 2.88. The molecule has 186 valence electrons. The van der Waals surface area contributed by atoms with Crippen LogP contribution in [0.4, 0.5) is 0 Å².